The van der Waals surface area contributed by atoms with Gasteiger partial charge in [0.2, 0.25) is 0 Å². The molecule has 1 saturated heterocycles. The maximum atomic E-state index is 12.1. The summed E-state index contributed by atoms with van der Waals surface area (Å²) in [5.41, 5.74) is 8.22. The molecule has 1 heterocycles. The number of rotatable bonds is 3. The van der Waals surface area contributed by atoms with Crippen LogP contribution in [0.3, 0.4) is 0 Å². The van der Waals surface area contributed by atoms with Crippen LogP contribution >= 0.6 is 0 Å². The molecular formula is C14H22N4O. The average Bonchev–Trinajstić information content (AvgIpc) is 2.39. The minimum Gasteiger partial charge on any atom is -0.399 e. The van der Waals surface area contributed by atoms with E-state index >= 15 is 0 Å². The summed E-state index contributed by atoms with van der Waals surface area (Å²) in [6.45, 7) is 6.40. The molecule has 0 aromatic heterocycles. The molecule has 19 heavy (non-hydrogen) atoms. The van der Waals surface area contributed by atoms with Crippen LogP contribution < -0.4 is 16.0 Å². The highest BCUT2D eigenvalue weighted by Gasteiger charge is 2.20. The molecule has 1 aromatic carbocycles. The SMILES string of the molecule is CCNC(=O)c1ccc(N)cc1N1CCN(C)CC1. The predicted octanol–water partition coefficient (Wildman–Crippen LogP) is 0.770. The quantitative estimate of drug-likeness (QED) is 0.790. The van der Waals surface area contributed by atoms with E-state index in [0.29, 0.717) is 17.8 Å². The number of nitrogens with zero attached hydrogens (tertiary/aromatic N) is 2. The van der Waals surface area contributed by atoms with Gasteiger partial charge >= 0.3 is 0 Å². The van der Waals surface area contributed by atoms with Crippen LogP contribution in [0.4, 0.5) is 11.4 Å². The zero-order valence-corrected chi connectivity index (χ0v) is 11.6. The zero-order valence-electron chi connectivity index (χ0n) is 11.6. The average molecular weight is 262 g/mol. The lowest BCUT2D eigenvalue weighted by atomic mass is 10.1. The van der Waals surface area contributed by atoms with Crippen molar-refractivity contribution in [3.05, 3.63) is 23.8 Å². The highest BCUT2D eigenvalue weighted by Crippen LogP contribution is 2.24. The van der Waals surface area contributed by atoms with Crippen molar-refractivity contribution in [2.24, 2.45) is 0 Å². The number of nitrogen functional groups attached to an aromatic ring is 1. The van der Waals surface area contributed by atoms with Gasteiger partial charge in [-0.1, -0.05) is 0 Å². The summed E-state index contributed by atoms with van der Waals surface area (Å²) in [5.74, 6) is -0.0311. The topological polar surface area (TPSA) is 61.6 Å². The van der Waals surface area contributed by atoms with E-state index in [2.05, 4.69) is 22.2 Å². The fourth-order valence-electron chi connectivity index (χ4n) is 2.31. The van der Waals surface area contributed by atoms with Crippen LogP contribution in [0.2, 0.25) is 0 Å². The van der Waals surface area contributed by atoms with E-state index in [-0.39, 0.29) is 5.91 Å². The monoisotopic (exact) mass is 262 g/mol. The van der Waals surface area contributed by atoms with Crippen LogP contribution in [0.5, 0.6) is 0 Å². The lowest BCUT2D eigenvalue weighted by Gasteiger charge is -2.35. The van der Waals surface area contributed by atoms with E-state index in [1.54, 1.807) is 6.07 Å². The summed E-state index contributed by atoms with van der Waals surface area (Å²) in [6.07, 6.45) is 0. The fraction of sp³-hybridized carbons (Fsp3) is 0.500. The predicted molar refractivity (Wildman–Crippen MR) is 78.6 cm³/mol. The number of likely N-dealkylation sites (N-methyl/N-ethyl adjacent to an activating group) is 1. The first-order valence-electron chi connectivity index (χ1n) is 6.73. The minimum atomic E-state index is -0.0311. The van der Waals surface area contributed by atoms with E-state index in [0.717, 1.165) is 31.9 Å². The highest BCUT2D eigenvalue weighted by atomic mass is 16.1. The molecule has 1 fully saturated rings. The zero-order chi connectivity index (χ0) is 13.8. The van der Waals surface area contributed by atoms with Crippen molar-refractivity contribution in [2.45, 2.75) is 6.92 Å². The number of carbonyl (C=O) groups is 1. The minimum absolute atomic E-state index is 0.0311. The van der Waals surface area contributed by atoms with Gasteiger partial charge in [0.1, 0.15) is 0 Å². The van der Waals surface area contributed by atoms with Crippen LogP contribution in [0.15, 0.2) is 18.2 Å². The van der Waals surface area contributed by atoms with Crippen LogP contribution in [-0.4, -0.2) is 50.6 Å². The van der Waals surface area contributed by atoms with Crippen LogP contribution in [0.25, 0.3) is 0 Å². The summed E-state index contributed by atoms with van der Waals surface area (Å²) in [5, 5.41) is 2.85. The van der Waals surface area contributed by atoms with Crippen molar-refractivity contribution in [3.63, 3.8) is 0 Å². The van der Waals surface area contributed by atoms with Crippen molar-refractivity contribution in [1.82, 2.24) is 10.2 Å². The number of anilines is 2. The molecular weight excluding hydrogens is 240 g/mol. The first kappa shape index (κ1) is 13.7. The van der Waals surface area contributed by atoms with Gasteiger partial charge in [0.05, 0.1) is 11.3 Å². The van der Waals surface area contributed by atoms with E-state index in [1.807, 2.05) is 19.1 Å². The summed E-state index contributed by atoms with van der Waals surface area (Å²) in [4.78, 5) is 16.6. The lowest BCUT2D eigenvalue weighted by molar-refractivity contribution is 0.0956. The lowest BCUT2D eigenvalue weighted by Crippen LogP contribution is -2.45. The number of nitrogens with one attached hydrogen (secondary N) is 1. The Morgan fingerprint density at radius 2 is 2.00 bits per heavy atom. The van der Waals surface area contributed by atoms with Gasteiger partial charge in [0.15, 0.2) is 0 Å². The Morgan fingerprint density at radius 1 is 1.32 bits per heavy atom. The third-order valence-corrected chi connectivity index (χ3v) is 3.45. The van der Waals surface area contributed by atoms with E-state index in [9.17, 15) is 4.79 Å². The second-order valence-corrected chi connectivity index (χ2v) is 4.93. The van der Waals surface area contributed by atoms with E-state index in [4.69, 9.17) is 5.73 Å². The maximum Gasteiger partial charge on any atom is 0.253 e. The number of amides is 1. The summed E-state index contributed by atoms with van der Waals surface area (Å²) in [6, 6.07) is 5.49. The second-order valence-electron chi connectivity index (χ2n) is 4.93. The number of hydrogen-bond acceptors (Lipinski definition) is 4. The normalized spacial score (nSPS) is 16.4. The second kappa shape index (κ2) is 5.93. The molecule has 104 valence electrons. The van der Waals surface area contributed by atoms with Gasteiger partial charge < -0.3 is 20.9 Å². The van der Waals surface area contributed by atoms with Gasteiger partial charge in [-0.2, -0.15) is 0 Å². The van der Waals surface area contributed by atoms with Gasteiger partial charge in [-0.15, -0.1) is 0 Å². The molecule has 0 bridgehead atoms. The molecule has 0 saturated carbocycles. The molecule has 0 aliphatic carbocycles. The molecule has 2 rings (SSSR count). The number of hydrogen-bond donors (Lipinski definition) is 2. The van der Waals surface area contributed by atoms with Gasteiger partial charge in [-0.25, -0.2) is 0 Å². The highest BCUT2D eigenvalue weighted by molar-refractivity contribution is 6.00. The maximum absolute atomic E-state index is 12.1. The molecule has 0 spiro atoms. The Bertz CT molecular complexity index is 453. The molecule has 1 aliphatic heterocycles. The standard InChI is InChI=1S/C14H22N4O/c1-3-16-14(19)12-5-4-11(15)10-13(12)18-8-6-17(2)7-9-18/h4-5,10H,3,6-9,15H2,1-2H3,(H,16,19). The first-order chi connectivity index (χ1) is 9.11. The summed E-state index contributed by atoms with van der Waals surface area (Å²) < 4.78 is 0. The van der Waals surface area contributed by atoms with Crippen LogP contribution in [0.1, 0.15) is 17.3 Å². The third-order valence-electron chi connectivity index (χ3n) is 3.45. The van der Waals surface area contributed by atoms with E-state index < -0.39 is 0 Å². The van der Waals surface area contributed by atoms with Gasteiger partial charge in [0, 0.05) is 38.4 Å². The smallest absolute Gasteiger partial charge is 0.253 e. The Balaban J connectivity index is 2.27. The molecule has 1 aromatic rings. The van der Waals surface area contributed by atoms with Gasteiger partial charge in [0.25, 0.3) is 5.91 Å². The largest absolute Gasteiger partial charge is 0.399 e. The Morgan fingerprint density at radius 3 is 2.63 bits per heavy atom. The molecule has 1 aliphatic rings. The third kappa shape index (κ3) is 3.17. The Labute approximate surface area is 114 Å². The first-order valence-corrected chi connectivity index (χ1v) is 6.73. The fourth-order valence-corrected chi connectivity index (χ4v) is 2.31. The number of carbonyl (C=O) groups excluding carboxylic acids is 1. The molecule has 0 atom stereocenters. The molecule has 5 heteroatoms. The van der Waals surface area contributed by atoms with Crippen LogP contribution in [-0.2, 0) is 0 Å². The van der Waals surface area contributed by atoms with Crippen molar-refractivity contribution in [1.29, 1.82) is 0 Å². The van der Waals surface area contributed by atoms with Crippen molar-refractivity contribution < 1.29 is 4.79 Å². The van der Waals surface area contributed by atoms with Crippen molar-refractivity contribution in [3.8, 4) is 0 Å². The molecule has 1 amide bonds. The number of piperazine rings is 1. The summed E-state index contributed by atoms with van der Waals surface area (Å²) in [7, 11) is 2.11. The van der Waals surface area contributed by atoms with E-state index in [1.165, 1.54) is 0 Å². The Hall–Kier alpha value is -1.75. The van der Waals surface area contributed by atoms with Crippen molar-refractivity contribution >= 4 is 17.3 Å². The molecule has 5 nitrogen and oxygen atoms in total. The van der Waals surface area contributed by atoms with Gasteiger partial charge in [-0.3, -0.25) is 4.79 Å². The van der Waals surface area contributed by atoms with Crippen molar-refractivity contribution in [2.75, 3.05) is 50.4 Å². The molecule has 0 radical (unpaired) electrons. The molecule has 0 unspecified atom stereocenters. The summed E-state index contributed by atoms with van der Waals surface area (Å²) >= 11 is 0. The number of nitrogens with two attached hydrogens (primary N) is 1. The number of benzene rings is 1. The molecule has 3 N–H and O–H groups in total. The van der Waals surface area contributed by atoms with Gasteiger partial charge in [-0.05, 0) is 32.2 Å². The Kier molecular flexibility index (Phi) is 4.27. The van der Waals surface area contributed by atoms with Crippen LogP contribution in [0, 0.1) is 0 Å².